The van der Waals surface area contributed by atoms with Gasteiger partial charge in [0.05, 0.1) is 0 Å². The molecular formula is C15H26N4O. The Morgan fingerprint density at radius 1 is 1.35 bits per heavy atom. The number of anilines is 2. The highest BCUT2D eigenvalue weighted by atomic mass is 16.5. The van der Waals surface area contributed by atoms with Crippen molar-refractivity contribution in [3.8, 4) is 0 Å². The average Bonchev–Trinajstić information content (AvgIpc) is 2.48. The van der Waals surface area contributed by atoms with Crippen LogP contribution in [0.1, 0.15) is 31.7 Å². The first kappa shape index (κ1) is 15.0. The highest BCUT2D eigenvalue weighted by Gasteiger charge is 2.19. The molecule has 1 aliphatic rings. The molecule has 1 aliphatic heterocycles. The fraction of sp³-hybridized carbons (Fsp3) is 0.733. The lowest BCUT2D eigenvalue weighted by Gasteiger charge is -2.29. The van der Waals surface area contributed by atoms with E-state index in [1.807, 2.05) is 7.05 Å². The van der Waals surface area contributed by atoms with Crippen LogP contribution in [0.3, 0.4) is 0 Å². The van der Waals surface area contributed by atoms with Crippen molar-refractivity contribution in [2.75, 3.05) is 44.1 Å². The molecule has 5 nitrogen and oxygen atoms in total. The highest BCUT2D eigenvalue weighted by Crippen LogP contribution is 2.26. The molecule has 1 fully saturated rings. The molecule has 20 heavy (non-hydrogen) atoms. The Morgan fingerprint density at radius 2 is 2.10 bits per heavy atom. The predicted octanol–water partition coefficient (Wildman–Crippen LogP) is 2.33. The van der Waals surface area contributed by atoms with Crippen molar-refractivity contribution in [1.29, 1.82) is 0 Å². The molecule has 1 aromatic heterocycles. The lowest BCUT2D eigenvalue weighted by atomic mass is 9.99. The molecule has 0 atom stereocenters. The second kappa shape index (κ2) is 7.43. The number of rotatable bonds is 6. The largest absolute Gasteiger partial charge is 0.381 e. The van der Waals surface area contributed by atoms with Gasteiger partial charge in [-0.25, -0.2) is 9.97 Å². The van der Waals surface area contributed by atoms with Gasteiger partial charge in [-0.2, -0.15) is 0 Å². The highest BCUT2D eigenvalue weighted by molar-refractivity contribution is 5.58. The minimum Gasteiger partial charge on any atom is -0.381 e. The predicted molar refractivity (Wildman–Crippen MR) is 82.4 cm³/mol. The molecule has 1 N–H and O–H groups in total. The number of nitrogens with zero attached hydrogens (tertiary/aromatic N) is 3. The van der Waals surface area contributed by atoms with Gasteiger partial charge in [0.15, 0.2) is 0 Å². The quantitative estimate of drug-likeness (QED) is 0.865. The average molecular weight is 278 g/mol. The molecule has 5 heteroatoms. The minimum atomic E-state index is 0.705. The summed E-state index contributed by atoms with van der Waals surface area (Å²) in [7, 11) is 4.06. The van der Waals surface area contributed by atoms with Crippen molar-refractivity contribution in [2.24, 2.45) is 5.92 Å². The van der Waals surface area contributed by atoms with Crippen LogP contribution in [0.4, 0.5) is 11.6 Å². The number of aromatic nitrogens is 2. The van der Waals surface area contributed by atoms with Crippen molar-refractivity contribution in [3.63, 3.8) is 0 Å². The van der Waals surface area contributed by atoms with Crippen molar-refractivity contribution >= 4 is 11.6 Å². The molecule has 2 rings (SSSR count). The van der Waals surface area contributed by atoms with Crippen LogP contribution in [0, 0.1) is 5.92 Å². The van der Waals surface area contributed by atoms with E-state index in [-0.39, 0.29) is 0 Å². The van der Waals surface area contributed by atoms with Crippen LogP contribution in [0.25, 0.3) is 0 Å². The van der Waals surface area contributed by atoms with E-state index < -0.39 is 0 Å². The normalized spacial score (nSPS) is 16.1. The molecule has 0 bridgehead atoms. The molecule has 0 aromatic carbocycles. The van der Waals surface area contributed by atoms with Crippen LogP contribution in [0.2, 0.25) is 0 Å². The summed E-state index contributed by atoms with van der Waals surface area (Å²) in [6.07, 6.45) is 6.06. The maximum absolute atomic E-state index is 5.43. The monoisotopic (exact) mass is 278 g/mol. The zero-order chi connectivity index (χ0) is 14.4. The van der Waals surface area contributed by atoms with Crippen LogP contribution in [-0.2, 0) is 11.2 Å². The van der Waals surface area contributed by atoms with E-state index in [0.29, 0.717) is 5.92 Å². The first-order valence-corrected chi connectivity index (χ1v) is 7.56. The van der Waals surface area contributed by atoms with Crippen molar-refractivity contribution < 1.29 is 4.74 Å². The maximum Gasteiger partial charge on any atom is 0.137 e. The summed E-state index contributed by atoms with van der Waals surface area (Å²) in [6.45, 7) is 5.02. The Morgan fingerprint density at radius 3 is 2.75 bits per heavy atom. The Kier molecular flexibility index (Phi) is 5.59. The van der Waals surface area contributed by atoms with E-state index in [1.165, 1.54) is 5.56 Å². The Hall–Kier alpha value is -1.36. The third-order valence-electron chi connectivity index (χ3n) is 3.89. The second-order valence-electron chi connectivity index (χ2n) is 5.46. The van der Waals surface area contributed by atoms with Crippen LogP contribution in [-0.4, -0.2) is 43.8 Å². The van der Waals surface area contributed by atoms with E-state index in [0.717, 1.165) is 57.1 Å². The van der Waals surface area contributed by atoms with Gasteiger partial charge in [0.2, 0.25) is 0 Å². The summed E-state index contributed by atoms with van der Waals surface area (Å²) in [6, 6.07) is 0. The summed E-state index contributed by atoms with van der Waals surface area (Å²) >= 11 is 0. The summed E-state index contributed by atoms with van der Waals surface area (Å²) in [5.41, 5.74) is 1.23. The fourth-order valence-corrected chi connectivity index (χ4v) is 2.83. The molecule has 1 saturated heterocycles. The Balaban J connectivity index is 2.13. The fourth-order valence-electron chi connectivity index (χ4n) is 2.83. The van der Waals surface area contributed by atoms with Crippen LogP contribution >= 0.6 is 0 Å². The first-order valence-electron chi connectivity index (χ1n) is 7.56. The van der Waals surface area contributed by atoms with E-state index >= 15 is 0 Å². The number of ether oxygens (including phenoxy) is 1. The minimum absolute atomic E-state index is 0.705. The van der Waals surface area contributed by atoms with Gasteiger partial charge >= 0.3 is 0 Å². The number of hydrogen-bond donors (Lipinski definition) is 1. The van der Waals surface area contributed by atoms with Gasteiger partial charge in [0, 0.05) is 39.4 Å². The Bertz CT molecular complexity index is 418. The molecule has 0 radical (unpaired) electrons. The van der Waals surface area contributed by atoms with E-state index in [2.05, 4.69) is 34.2 Å². The van der Waals surface area contributed by atoms with Crippen LogP contribution < -0.4 is 10.2 Å². The molecule has 112 valence electrons. The van der Waals surface area contributed by atoms with Gasteiger partial charge in [-0.1, -0.05) is 13.3 Å². The maximum atomic E-state index is 5.43. The molecular weight excluding hydrogens is 252 g/mol. The van der Waals surface area contributed by atoms with E-state index in [9.17, 15) is 0 Å². The van der Waals surface area contributed by atoms with Crippen molar-refractivity contribution in [3.05, 3.63) is 11.9 Å². The number of hydrogen-bond acceptors (Lipinski definition) is 5. The van der Waals surface area contributed by atoms with Gasteiger partial charge in [-0.15, -0.1) is 0 Å². The Labute approximate surface area is 121 Å². The molecule has 0 unspecified atom stereocenters. The van der Waals surface area contributed by atoms with Crippen LogP contribution in [0.15, 0.2) is 6.33 Å². The van der Waals surface area contributed by atoms with E-state index in [4.69, 9.17) is 4.74 Å². The van der Waals surface area contributed by atoms with Crippen molar-refractivity contribution in [1.82, 2.24) is 9.97 Å². The molecule has 1 aromatic rings. The summed E-state index contributed by atoms with van der Waals surface area (Å²) in [5, 5.41) is 3.18. The molecule has 0 saturated carbocycles. The zero-order valence-electron chi connectivity index (χ0n) is 12.9. The van der Waals surface area contributed by atoms with Gasteiger partial charge in [-0.3, -0.25) is 0 Å². The van der Waals surface area contributed by atoms with Crippen LogP contribution in [0.5, 0.6) is 0 Å². The molecule has 0 amide bonds. The summed E-state index contributed by atoms with van der Waals surface area (Å²) < 4.78 is 5.43. The van der Waals surface area contributed by atoms with Gasteiger partial charge < -0.3 is 15.0 Å². The van der Waals surface area contributed by atoms with Gasteiger partial charge in [0.25, 0.3) is 0 Å². The SMILES string of the molecule is CCCc1c(NC)ncnc1N(C)CC1CCOCC1. The lowest BCUT2D eigenvalue weighted by Crippen LogP contribution is -2.31. The third kappa shape index (κ3) is 3.60. The zero-order valence-corrected chi connectivity index (χ0v) is 12.9. The molecule has 0 spiro atoms. The lowest BCUT2D eigenvalue weighted by molar-refractivity contribution is 0.0685. The second-order valence-corrected chi connectivity index (χ2v) is 5.46. The summed E-state index contributed by atoms with van der Waals surface area (Å²) in [4.78, 5) is 11.1. The first-order chi connectivity index (χ1) is 9.76. The third-order valence-corrected chi connectivity index (χ3v) is 3.89. The van der Waals surface area contributed by atoms with E-state index in [1.54, 1.807) is 6.33 Å². The molecule has 0 aliphatic carbocycles. The standard InChI is InChI=1S/C15H26N4O/c1-4-5-13-14(16-2)17-11-18-15(13)19(3)10-12-6-8-20-9-7-12/h11-12H,4-10H2,1-3H3,(H,16,17,18). The molecule has 2 heterocycles. The summed E-state index contributed by atoms with van der Waals surface area (Å²) in [5.74, 6) is 2.73. The smallest absolute Gasteiger partial charge is 0.137 e. The number of nitrogens with one attached hydrogen (secondary N) is 1. The van der Waals surface area contributed by atoms with Crippen molar-refractivity contribution in [2.45, 2.75) is 32.6 Å². The topological polar surface area (TPSA) is 50.3 Å². The van der Waals surface area contributed by atoms with Gasteiger partial charge in [-0.05, 0) is 25.2 Å². The van der Waals surface area contributed by atoms with Gasteiger partial charge in [0.1, 0.15) is 18.0 Å².